The first-order chi connectivity index (χ1) is 8.40. The van der Waals surface area contributed by atoms with Crippen LogP contribution in [0.3, 0.4) is 0 Å². The summed E-state index contributed by atoms with van der Waals surface area (Å²) in [5.74, 6) is 0.717. The second kappa shape index (κ2) is 6.59. The van der Waals surface area contributed by atoms with Crippen molar-refractivity contribution >= 4 is 23.3 Å². The van der Waals surface area contributed by atoms with Crippen LogP contribution in [-0.4, -0.2) is 16.9 Å². The molecule has 0 aromatic carbocycles. The minimum absolute atomic E-state index is 0.116. The quantitative estimate of drug-likeness (QED) is 0.864. The third kappa shape index (κ3) is 4.53. The zero-order valence-electron chi connectivity index (χ0n) is 11.0. The molecule has 100 valence electrons. The number of amides is 1. The molecule has 1 amide bonds. The first kappa shape index (κ1) is 14.8. The number of halogens is 1. The molecule has 5 heteroatoms. The lowest BCUT2D eigenvalue weighted by Crippen LogP contribution is -2.33. The Hall–Kier alpha value is -1.29. The highest BCUT2D eigenvalue weighted by Gasteiger charge is 2.14. The van der Waals surface area contributed by atoms with Gasteiger partial charge in [0.2, 0.25) is 0 Å². The summed E-state index contributed by atoms with van der Waals surface area (Å²) in [6.07, 6.45) is 3.42. The highest BCUT2D eigenvalue weighted by atomic mass is 35.5. The Bertz CT molecular complexity index is 421. The predicted molar refractivity (Wildman–Crippen MR) is 74.7 cm³/mol. The maximum atomic E-state index is 12.0. The monoisotopic (exact) mass is 269 g/mol. The molecule has 0 fully saturated rings. The van der Waals surface area contributed by atoms with Gasteiger partial charge < -0.3 is 11.1 Å². The topological polar surface area (TPSA) is 68.0 Å². The van der Waals surface area contributed by atoms with Gasteiger partial charge in [-0.05, 0) is 31.7 Å². The Morgan fingerprint density at radius 1 is 1.44 bits per heavy atom. The van der Waals surface area contributed by atoms with E-state index in [0.29, 0.717) is 22.3 Å². The fourth-order valence-corrected chi connectivity index (χ4v) is 1.78. The van der Waals surface area contributed by atoms with Crippen molar-refractivity contribution in [1.29, 1.82) is 0 Å². The molecule has 1 atom stereocenters. The van der Waals surface area contributed by atoms with E-state index in [1.165, 1.54) is 12.3 Å². The van der Waals surface area contributed by atoms with Crippen molar-refractivity contribution in [3.63, 3.8) is 0 Å². The molecule has 0 aliphatic rings. The summed E-state index contributed by atoms with van der Waals surface area (Å²) in [5.41, 5.74) is 5.92. The Labute approximate surface area is 113 Å². The first-order valence-corrected chi connectivity index (χ1v) is 6.49. The molecule has 0 saturated heterocycles. The zero-order valence-corrected chi connectivity index (χ0v) is 11.8. The smallest absolute Gasteiger partial charge is 0.253 e. The van der Waals surface area contributed by atoms with E-state index in [-0.39, 0.29) is 11.9 Å². The van der Waals surface area contributed by atoms with Crippen LogP contribution in [-0.2, 0) is 0 Å². The Balaban J connectivity index is 2.62. The summed E-state index contributed by atoms with van der Waals surface area (Å²) in [5, 5.41) is 3.23. The van der Waals surface area contributed by atoms with Gasteiger partial charge in [-0.2, -0.15) is 0 Å². The zero-order chi connectivity index (χ0) is 13.7. The number of nitrogen functional groups attached to an aromatic ring is 1. The van der Waals surface area contributed by atoms with E-state index >= 15 is 0 Å². The SMILES string of the molecule is CC(C)CCC(C)NC(=O)c1cc(N)ncc1Cl. The summed E-state index contributed by atoms with van der Waals surface area (Å²) < 4.78 is 0. The lowest BCUT2D eigenvalue weighted by Gasteiger charge is -2.15. The van der Waals surface area contributed by atoms with Crippen LogP contribution in [0.15, 0.2) is 12.3 Å². The lowest BCUT2D eigenvalue weighted by atomic mass is 10.0. The third-order valence-electron chi connectivity index (χ3n) is 2.68. The van der Waals surface area contributed by atoms with Gasteiger partial charge in [-0.3, -0.25) is 4.79 Å². The van der Waals surface area contributed by atoms with Crippen LogP contribution < -0.4 is 11.1 Å². The van der Waals surface area contributed by atoms with Crippen molar-refractivity contribution in [3.05, 3.63) is 22.8 Å². The molecule has 1 aromatic rings. The number of nitrogens with one attached hydrogen (secondary N) is 1. The predicted octanol–water partition coefficient (Wildman–Crippen LogP) is 2.87. The minimum Gasteiger partial charge on any atom is -0.384 e. The number of hydrogen-bond acceptors (Lipinski definition) is 3. The largest absolute Gasteiger partial charge is 0.384 e. The van der Waals surface area contributed by atoms with E-state index in [0.717, 1.165) is 12.8 Å². The minimum atomic E-state index is -0.203. The van der Waals surface area contributed by atoms with Gasteiger partial charge in [0.15, 0.2) is 0 Å². The molecule has 1 unspecified atom stereocenters. The summed E-state index contributed by atoms with van der Waals surface area (Å²) in [6, 6.07) is 1.61. The molecule has 1 rings (SSSR count). The van der Waals surface area contributed by atoms with Gasteiger partial charge in [-0.15, -0.1) is 0 Å². The Kier molecular flexibility index (Phi) is 5.41. The maximum absolute atomic E-state index is 12.0. The van der Waals surface area contributed by atoms with Crippen LogP contribution in [0, 0.1) is 5.92 Å². The fourth-order valence-electron chi connectivity index (χ4n) is 1.59. The molecule has 18 heavy (non-hydrogen) atoms. The molecular weight excluding hydrogens is 250 g/mol. The molecule has 0 aliphatic heterocycles. The molecule has 0 radical (unpaired) electrons. The van der Waals surface area contributed by atoms with Crippen LogP contribution in [0.5, 0.6) is 0 Å². The number of carbonyl (C=O) groups excluding carboxylic acids is 1. The van der Waals surface area contributed by atoms with Gasteiger partial charge in [-0.25, -0.2) is 4.98 Å². The van der Waals surface area contributed by atoms with Crippen molar-refractivity contribution in [3.8, 4) is 0 Å². The van der Waals surface area contributed by atoms with Gasteiger partial charge in [0, 0.05) is 12.2 Å². The van der Waals surface area contributed by atoms with Gasteiger partial charge in [0.1, 0.15) is 5.82 Å². The highest BCUT2D eigenvalue weighted by Crippen LogP contribution is 2.17. The maximum Gasteiger partial charge on any atom is 0.253 e. The summed E-state index contributed by atoms with van der Waals surface area (Å²) >= 11 is 5.92. The average molecular weight is 270 g/mol. The molecule has 0 saturated carbocycles. The summed E-state index contributed by atoms with van der Waals surface area (Å²) in [6.45, 7) is 6.31. The van der Waals surface area contributed by atoms with Crippen molar-refractivity contribution in [2.75, 3.05) is 5.73 Å². The van der Waals surface area contributed by atoms with Gasteiger partial charge in [0.05, 0.1) is 10.6 Å². The van der Waals surface area contributed by atoms with E-state index in [2.05, 4.69) is 24.1 Å². The second-order valence-electron chi connectivity index (χ2n) is 4.93. The molecule has 1 heterocycles. The van der Waals surface area contributed by atoms with Gasteiger partial charge in [-0.1, -0.05) is 25.4 Å². The van der Waals surface area contributed by atoms with Gasteiger partial charge in [0.25, 0.3) is 5.91 Å². The fraction of sp³-hybridized carbons (Fsp3) is 0.538. The van der Waals surface area contributed by atoms with E-state index in [1.54, 1.807) is 0 Å². The Morgan fingerprint density at radius 2 is 2.11 bits per heavy atom. The molecule has 1 aromatic heterocycles. The number of nitrogens with two attached hydrogens (primary N) is 1. The van der Waals surface area contributed by atoms with Crippen molar-refractivity contribution < 1.29 is 4.79 Å². The van der Waals surface area contributed by atoms with E-state index in [1.807, 2.05) is 6.92 Å². The lowest BCUT2D eigenvalue weighted by molar-refractivity contribution is 0.0937. The normalized spacial score (nSPS) is 12.5. The van der Waals surface area contributed by atoms with E-state index in [9.17, 15) is 4.79 Å². The van der Waals surface area contributed by atoms with Gasteiger partial charge >= 0.3 is 0 Å². The van der Waals surface area contributed by atoms with Crippen LogP contribution in [0.4, 0.5) is 5.82 Å². The summed E-state index contributed by atoms with van der Waals surface area (Å²) in [4.78, 5) is 15.8. The molecule has 0 spiro atoms. The number of hydrogen-bond donors (Lipinski definition) is 2. The highest BCUT2D eigenvalue weighted by molar-refractivity contribution is 6.33. The number of nitrogens with zero attached hydrogens (tertiary/aromatic N) is 1. The first-order valence-electron chi connectivity index (χ1n) is 6.12. The van der Waals surface area contributed by atoms with Crippen LogP contribution in [0.2, 0.25) is 5.02 Å². The Morgan fingerprint density at radius 3 is 2.72 bits per heavy atom. The van der Waals surface area contributed by atoms with Crippen LogP contribution in [0.25, 0.3) is 0 Å². The summed E-state index contributed by atoms with van der Waals surface area (Å²) in [7, 11) is 0. The number of aromatic nitrogens is 1. The number of carbonyl (C=O) groups is 1. The number of anilines is 1. The molecule has 3 N–H and O–H groups in total. The van der Waals surface area contributed by atoms with E-state index < -0.39 is 0 Å². The average Bonchev–Trinajstić information content (AvgIpc) is 2.29. The van der Waals surface area contributed by atoms with E-state index in [4.69, 9.17) is 17.3 Å². The van der Waals surface area contributed by atoms with Crippen molar-refractivity contribution in [2.24, 2.45) is 5.92 Å². The van der Waals surface area contributed by atoms with Crippen LogP contribution in [0.1, 0.15) is 44.0 Å². The van der Waals surface area contributed by atoms with Crippen molar-refractivity contribution in [1.82, 2.24) is 10.3 Å². The molecular formula is C13H20ClN3O. The van der Waals surface area contributed by atoms with Crippen molar-refractivity contribution in [2.45, 2.75) is 39.7 Å². The van der Waals surface area contributed by atoms with Crippen LogP contribution >= 0.6 is 11.6 Å². The number of rotatable bonds is 5. The number of pyridine rings is 1. The standard InChI is InChI=1S/C13H20ClN3O/c1-8(2)4-5-9(3)17-13(18)10-6-12(15)16-7-11(10)14/h6-9H,4-5H2,1-3H3,(H2,15,16)(H,17,18). The second-order valence-corrected chi connectivity index (χ2v) is 5.34. The molecule has 0 bridgehead atoms. The third-order valence-corrected chi connectivity index (χ3v) is 2.98. The molecule has 0 aliphatic carbocycles. The molecule has 4 nitrogen and oxygen atoms in total.